The summed E-state index contributed by atoms with van der Waals surface area (Å²) in [6.45, 7) is 0.463. The molecule has 3 N–H and O–H groups in total. The molecule has 0 unspecified atom stereocenters. The van der Waals surface area contributed by atoms with E-state index in [1.54, 1.807) is 43.8 Å². The molecule has 156 valence electrons. The van der Waals surface area contributed by atoms with Crippen LogP contribution in [0.3, 0.4) is 0 Å². The fourth-order valence-corrected chi connectivity index (χ4v) is 3.49. The molecule has 0 spiro atoms. The normalized spacial score (nSPS) is 18.0. The minimum absolute atomic E-state index is 0.138. The van der Waals surface area contributed by atoms with E-state index in [0.717, 1.165) is 16.8 Å². The van der Waals surface area contributed by atoms with Crippen LogP contribution in [0.2, 0.25) is 0 Å². The number of carbonyl (C=O) groups is 2. The maximum Gasteiger partial charge on any atom is 0.267 e. The summed E-state index contributed by atoms with van der Waals surface area (Å²) in [6, 6.07) is 10.7. The molecule has 8 nitrogen and oxygen atoms in total. The van der Waals surface area contributed by atoms with E-state index in [1.807, 2.05) is 23.7 Å². The van der Waals surface area contributed by atoms with Gasteiger partial charge in [-0.15, -0.1) is 0 Å². The first-order chi connectivity index (χ1) is 14.8. The van der Waals surface area contributed by atoms with Gasteiger partial charge in [-0.05, 0) is 24.3 Å². The number of imidazole rings is 1. The molecule has 8 heteroatoms. The molecule has 1 atom stereocenters. The van der Waals surface area contributed by atoms with Crippen LogP contribution in [0.1, 0.15) is 22.5 Å². The van der Waals surface area contributed by atoms with Crippen molar-refractivity contribution in [2.75, 3.05) is 13.6 Å². The second-order valence-electron chi connectivity index (χ2n) is 7.55. The molecular formula is C23H21N5O3. The number of aromatic nitrogens is 3. The molecule has 1 aromatic carbocycles. The molecule has 1 fully saturated rings. The SMILES string of the molecule is CN1CC[C@@](O)(C#Cc2cccc(-c3cc(-c4cncn4C)cc(C(N)=O)n3)c2)C1=O. The number of nitrogens with two attached hydrogens (primary N) is 1. The number of hydrogen-bond acceptors (Lipinski definition) is 5. The van der Waals surface area contributed by atoms with Gasteiger partial charge in [0, 0.05) is 43.8 Å². The van der Waals surface area contributed by atoms with Crippen molar-refractivity contribution >= 4 is 11.8 Å². The van der Waals surface area contributed by atoms with E-state index >= 15 is 0 Å². The Kier molecular flexibility index (Phi) is 5.05. The Labute approximate surface area is 179 Å². The van der Waals surface area contributed by atoms with Crippen molar-refractivity contribution in [3.05, 3.63) is 60.2 Å². The molecule has 31 heavy (non-hydrogen) atoms. The van der Waals surface area contributed by atoms with Crippen LogP contribution >= 0.6 is 0 Å². The van der Waals surface area contributed by atoms with Crippen LogP contribution in [0.4, 0.5) is 0 Å². The molecule has 1 saturated heterocycles. The largest absolute Gasteiger partial charge is 0.369 e. The number of nitrogens with zero attached hydrogens (tertiary/aromatic N) is 4. The van der Waals surface area contributed by atoms with Crippen LogP contribution in [-0.4, -0.2) is 55.5 Å². The minimum atomic E-state index is -1.67. The van der Waals surface area contributed by atoms with Gasteiger partial charge in [-0.25, -0.2) is 9.97 Å². The van der Waals surface area contributed by atoms with Crippen molar-refractivity contribution in [2.24, 2.45) is 12.8 Å². The zero-order chi connectivity index (χ0) is 22.2. The molecule has 3 heterocycles. The number of primary amides is 1. The van der Waals surface area contributed by atoms with Gasteiger partial charge in [0.2, 0.25) is 5.60 Å². The Morgan fingerprint density at radius 2 is 2.03 bits per heavy atom. The molecule has 0 bridgehead atoms. The number of amides is 2. The Morgan fingerprint density at radius 3 is 2.68 bits per heavy atom. The summed E-state index contributed by atoms with van der Waals surface area (Å²) in [7, 11) is 3.49. The lowest BCUT2D eigenvalue weighted by Gasteiger charge is -2.13. The highest BCUT2D eigenvalue weighted by atomic mass is 16.3. The second-order valence-corrected chi connectivity index (χ2v) is 7.55. The first kappa shape index (κ1) is 20.3. The van der Waals surface area contributed by atoms with Crippen LogP contribution in [0.15, 0.2) is 48.9 Å². The lowest BCUT2D eigenvalue weighted by atomic mass is 10.0. The van der Waals surface area contributed by atoms with Crippen molar-refractivity contribution < 1.29 is 14.7 Å². The van der Waals surface area contributed by atoms with Gasteiger partial charge < -0.3 is 20.3 Å². The van der Waals surface area contributed by atoms with Crippen LogP contribution in [-0.2, 0) is 11.8 Å². The van der Waals surface area contributed by atoms with E-state index in [1.165, 1.54) is 4.90 Å². The average Bonchev–Trinajstić information content (AvgIpc) is 3.31. The number of aryl methyl sites for hydroxylation is 1. The standard InChI is InChI=1S/C23H21N5O3/c1-27-9-8-23(31,22(27)30)7-6-15-4-3-5-16(10-15)18-11-17(12-19(26-18)21(24)29)20-13-25-14-28(20)2/h3-5,10-14,31H,8-9H2,1-2H3,(H2,24,29)/t23-/m0/s1. The van der Waals surface area contributed by atoms with Crippen LogP contribution in [0.25, 0.3) is 22.5 Å². The molecule has 2 aromatic heterocycles. The van der Waals surface area contributed by atoms with Crippen LogP contribution in [0.5, 0.6) is 0 Å². The van der Waals surface area contributed by atoms with Gasteiger partial charge in [0.15, 0.2) is 0 Å². The van der Waals surface area contributed by atoms with E-state index in [2.05, 4.69) is 21.8 Å². The number of pyridine rings is 1. The van der Waals surface area contributed by atoms with Gasteiger partial charge in [0.25, 0.3) is 11.8 Å². The highest BCUT2D eigenvalue weighted by molar-refractivity contribution is 5.93. The molecule has 4 rings (SSSR count). The highest BCUT2D eigenvalue weighted by Gasteiger charge is 2.42. The zero-order valence-electron chi connectivity index (χ0n) is 17.2. The maximum atomic E-state index is 12.1. The zero-order valence-corrected chi connectivity index (χ0v) is 17.2. The predicted octanol–water partition coefficient (Wildman–Crippen LogP) is 1.19. The fourth-order valence-electron chi connectivity index (χ4n) is 3.49. The topological polar surface area (TPSA) is 114 Å². The molecule has 3 aromatic rings. The number of aliphatic hydroxyl groups is 1. The lowest BCUT2D eigenvalue weighted by molar-refractivity contribution is -0.137. The number of rotatable bonds is 3. The monoisotopic (exact) mass is 415 g/mol. The molecule has 0 radical (unpaired) electrons. The maximum absolute atomic E-state index is 12.1. The van der Waals surface area contributed by atoms with Crippen LogP contribution in [0, 0.1) is 11.8 Å². The third kappa shape index (κ3) is 3.91. The summed E-state index contributed by atoms with van der Waals surface area (Å²) in [5.41, 5.74) is 7.42. The lowest BCUT2D eigenvalue weighted by Crippen LogP contribution is -2.37. The summed E-state index contributed by atoms with van der Waals surface area (Å²) >= 11 is 0. The number of hydrogen-bond donors (Lipinski definition) is 2. The van der Waals surface area contributed by atoms with Gasteiger partial charge in [-0.3, -0.25) is 9.59 Å². The van der Waals surface area contributed by atoms with Crippen molar-refractivity contribution in [2.45, 2.75) is 12.0 Å². The average molecular weight is 415 g/mol. The van der Waals surface area contributed by atoms with E-state index in [9.17, 15) is 14.7 Å². The van der Waals surface area contributed by atoms with Crippen molar-refractivity contribution in [1.29, 1.82) is 0 Å². The number of likely N-dealkylation sites (N-methyl/N-ethyl adjacent to an activating group) is 1. The Balaban J connectivity index is 1.74. The van der Waals surface area contributed by atoms with E-state index in [-0.39, 0.29) is 12.1 Å². The molecule has 0 saturated carbocycles. The van der Waals surface area contributed by atoms with E-state index in [4.69, 9.17) is 5.73 Å². The molecular weight excluding hydrogens is 394 g/mol. The van der Waals surface area contributed by atoms with E-state index in [0.29, 0.717) is 17.8 Å². The fraction of sp³-hybridized carbons (Fsp3) is 0.217. The summed E-state index contributed by atoms with van der Waals surface area (Å²) in [5.74, 6) is 4.58. The van der Waals surface area contributed by atoms with Crippen molar-refractivity contribution in [3.8, 4) is 34.4 Å². The molecule has 1 aliphatic heterocycles. The number of carbonyl (C=O) groups excluding carboxylic acids is 2. The van der Waals surface area contributed by atoms with Gasteiger partial charge in [0.1, 0.15) is 5.69 Å². The Morgan fingerprint density at radius 1 is 1.23 bits per heavy atom. The van der Waals surface area contributed by atoms with Crippen LogP contribution < -0.4 is 5.73 Å². The van der Waals surface area contributed by atoms with Crippen molar-refractivity contribution in [3.63, 3.8) is 0 Å². The second kappa shape index (κ2) is 7.70. The van der Waals surface area contributed by atoms with Gasteiger partial charge >= 0.3 is 0 Å². The van der Waals surface area contributed by atoms with Gasteiger partial charge in [-0.2, -0.15) is 0 Å². The highest BCUT2D eigenvalue weighted by Crippen LogP contribution is 2.26. The summed E-state index contributed by atoms with van der Waals surface area (Å²) in [5, 5.41) is 10.5. The quantitative estimate of drug-likeness (QED) is 0.624. The smallest absolute Gasteiger partial charge is 0.267 e. The third-order valence-corrected chi connectivity index (χ3v) is 5.27. The Hall–Kier alpha value is -3.96. The number of benzene rings is 1. The van der Waals surface area contributed by atoms with Gasteiger partial charge in [-0.1, -0.05) is 24.0 Å². The molecule has 0 aliphatic carbocycles. The first-order valence-corrected chi connectivity index (χ1v) is 9.67. The first-order valence-electron chi connectivity index (χ1n) is 9.67. The molecule has 1 aliphatic rings. The Bertz CT molecular complexity index is 1250. The molecule has 2 amide bonds. The number of likely N-dealkylation sites (tertiary alicyclic amines) is 1. The third-order valence-electron chi connectivity index (χ3n) is 5.27. The summed E-state index contributed by atoms with van der Waals surface area (Å²) in [6.07, 6.45) is 3.63. The minimum Gasteiger partial charge on any atom is -0.369 e. The van der Waals surface area contributed by atoms with Gasteiger partial charge in [0.05, 0.1) is 23.9 Å². The summed E-state index contributed by atoms with van der Waals surface area (Å²) < 4.78 is 1.84. The predicted molar refractivity (Wildman–Crippen MR) is 114 cm³/mol. The van der Waals surface area contributed by atoms with Crippen molar-refractivity contribution in [1.82, 2.24) is 19.4 Å². The van der Waals surface area contributed by atoms with E-state index < -0.39 is 17.4 Å². The summed E-state index contributed by atoms with van der Waals surface area (Å²) in [4.78, 5) is 34.0.